The van der Waals surface area contributed by atoms with Crippen LogP contribution >= 0.6 is 0 Å². The molecule has 0 radical (unpaired) electrons. The second kappa shape index (κ2) is 65.1. The van der Waals surface area contributed by atoms with Crippen molar-refractivity contribution in [2.24, 2.45) is 0 Å². The van der Waals surface area contributed by atoms with Gasteiger partial charge in [-0.2, -0.15) is 0 Å². The van der Waals surface area contributed by atoms with Crippen molar-refractivity contribution in [3.8, 4) is 0 Å². The molecule has 0 saturated carbocycles. The molecule has 0 spiro atoms. The Hall–Kier alpha value is -3.41. The molecule has 1 unspecified atom stereocenters. The Bertz CT molecular complexity index is 1470. The maximum Gasteiger partial charge on any atom is 0.306 e. The smallest absolute Gasteiger partial charge is 0.306 e. The van der Waals surface area contributed by atoms with Gasteiger partial charge < -0.3 is 14.2 Å². The number of ether oxygens (including phenoxy) is 3. The van der Waals surface area contributed by atoms with E-state index in [1.165, 1.54) is 180 Å². The standard InChI is InChI=1S/C71H124O6/c1-4-7-10-13-16-19-21-23-25-27-29-31-33-35-37-39-41-43-45-47-49-52-55-58-61-64-70(73)76-67-68(66-75-69(72)63-60-57-54-51-18-15-12-9-6-3)77-71(74)65-62-59-56-53-50-48-46-44-42-40-38-36-34-32-30-28-26-24-22-20-17-14-11-8-5-2/h7,10,16,19,23,25,29,31,35,37,41,43,47,49,68H,4-6,8-9,11-15,17-18,20-22,24,26-28,30,32-34,36,38-40,42,44-46,48,50-67H2,1-3H3/b10-7-,19-16-,25-23-,31-29-,37-35-,43-41-,49-47-. The van der Waals surface area contributed by atoms with Crippen LogP contribution in [0.25, 0.3) is 0 Å². The first-order valence-corrected chi connectivity index (χ1v) is 33.1. The number of carbonyl (C=O) groups excluding carboxylic acids is 3. The zero-order valence-corrected chi connectivity index (χ0v) is 51.0. The number of rotatable bonds is 60. The van der Waals surface area contributed by atoms with Gasteiger partial charge in [0.05, 0.1) is 0 Å². The molecule has 0 bridgehead atoms. The van der Waals surface area contributed by atoms with Gasteiger partial charge in [0.1, 0.15) is 13.2 Å². The van der Waals surface area contributed by atoms with Crippen molar-refractivity contribution in [2.45, 2.75) is 335 Å². The summed E-state index contributed by atoms with van der Waals surface area (Å²) >= 11 is 0. The van der Waals surface area contributed by atoms with Crippen LogP contribution in [-0.2, 0) is 28.6 Å². The van der Waals surface area contributed by atoms with E-state index >= 15 is 0 Å². The summed E-state index contributed by atoms with van der Waals surface area (Å²) < 4.78 is 16.9. The first-order chi connectivity index (χ1) is 38.0. The largest absolute Gasteiger partial charge is 0.462 e. The average Bonchev–Trinajstić information content (AvgIpc) is 3.43. The quantitative estimate of drug-likeness (QED) is 0.0261. The van der Waals surface area contributed by atoms with Gasteiger partial charge in [0.25, 0.3) is 0 Å². The molecular formula is C71H124O6. The molecular weight excluding hydrogens is 949 g/mol. The fraction of sp³-hybridized carbons (Fsp3) is 0.761. The molecule has 0 saturated heterocycles. The van der Waals surface area contributed by atoms with Crippen molar-refractivity contribution >= 4 is 17.9 Å². The highest BCUT2D eigenvalue weighted by Crippen LogP contribution is 2.17. The van der Waals surface area contributed by atoms with Crippen LogP contribution in [0.1, 0.15) is 329 Å². The van der Waals surface area contributed by atoms with E-state index in [1.807, 2.05) is 0 Å². The highest BCUT2D eigenvalue weighted by atomic mass is 16.6. The third-order valence-corrected chi connectivity index (χ3v) is 14.4. The maximum atomic E-state index is 12.9. The number of unbranched alkanes of at least 4 members (excludes halogenated alkanes) is 35. The zero-order chi connectivity index (χ0) is 55.7. The predicted molar refractivity (Wildman–Crippen MR) is 334 cm³/mol. The number of carbonyl (C=O) groups is 3. The Morgan fingerprint density at radius 3 is 0.792 bits per heavy atom. The van der Waals surface area contributed by atoms with Crippen molar-refractivity contribution in [1.82, 2.24) is 0 Å². The van der Waals surface area contributed by atoms with Crippen molar-refractivity contribution in [1.29, 1.82) is 0 Å². The van der Waals surface area contributed by atoms with Crippen molar-refractivity contribution in [3.05, 3.63) is 85.1 Å². The van der Waals surface area contributed by atoms with Gasteiger partial charge in [0, 0.05) is 19.3 Å². The summed E-state index contributed by atoms with van der Waals surface area (Å²) in [6, 6.07) is 0. The van der Waals surface area contributed by atoms with Crippen LogP contribution < -0.4 is 0 Å². The van der Waals surface area contributed by atoms with E-state index in [4.69, 9.17) is 14.2 Å². The minimum atomic E-state index is -0.788. The monoisotopic (exact) mass is 1070 g/mol. The Morgan fingerprint density at radius 2 is 0.506 bits per heavy atom. The van der Waals surface area contributed by atoms with E-state index < -0.39 is 6.10 Å². The summed E-state index contributed by atoms with van der Waals surface area (Å²) in [7, 11) is 0. The van der Waals surface area contributed by atoms with E-state index in [2.05, 4.69) is 106 Å². The van der Waals surface area contributed by atoms with Crippen LogP contribution in [0.3, 0.4) is 0 Å². The van der Waals surface area contributed by atoms with Gasteiger partial charge in [-0.3, -0.25) is 14.4 Å². The number of esters is 3. The Balaban J connectivity index is 4.25. The number of hydrogen-bond donors (Lipinski definition) is 0. The normalized spacial score (nSPS) is 12.6. The van der Waals surface area contributed by atoms with Gasteiger partial charge >= 0.3 is 17.9 Å². The van der Waals surface area contributed by atoms with E-state index in [0.717, 1.165) is 109 Å². The topological polar surface area (TPSA) is 78.9 Å². The fourth-order valence-corrected chi connectivity index (χ4v) is 9.48. The average molecular weight is 1070 g/mol. The van der Waals surface area contributed by atoms with Gasteiger partial charge in [0.15, 0.2) is 6.10 Å². The molecule has 0 aromatic heterocycles. The SMILES string of the molecule is CC/C=C\C/C=C\C/C=C\C/C=C\C/C=C\C/C=C\C/C=C\CCCCCC(=O)OCC(COC(=O)CCCCCCCCCCC)OC(=O)CCCCCCCCCCCCCCCCCCCCCCCCCCC. The maximum absolute atomic E-state index is 12.9. The van der Waals surface area contributed by atoms with Gasteiger partial charge in [-0.15, -0.1) is 0 Å². The van der Waals surface area contributed by atoms with Crippen molar-refractivity contribution in [3.63, 3.8) is 0 Å². The highest BCUT2D eigenvalue weighted by molar-refractivity contribution is 5.71. The first-order valence-electron chi connectivity index (χ1n) is 33.1. The second-order valence-electron chi connectivity index (χ2n) is 22.0. The Kier molecular flexibility index (Phi) is 62.2. The molecule has 0 fully saturated rings. The molecule has 6 nitrogen and oxygen atoms in total. The third kappa shape index (κ3) is 63.3. The number of hydrogen-bond acceptors (Lipinski definition) is 6. The summed E-state index contributed by atoms with van der Waals surface area (Å²) in [6.45, 7) is 6.52. The molecule has 0 heterocycles. The lowest BCUT2D eigenvalue weighted by atomic mass is 10.0. The minimum Gasteiger partial charge on any atom is -0.462 e. The van der Waals surface area contributed by atoms with E-state index in [9.17, 15) is 14.4 Å². The summed E-state index contributed by atoms with van der Waals surface area (Å²) in [5, 5.41) is 0. The molecule has 0 N–H and O–H groups in total. The van der Waals surface area contributed by atoms with E-state index in [0.29, 0.717) is 19.3 Å². The van der Waals surface area contributed by atoms with Crippen molar-refractivity contribution in [2.75, 3.05) is 13.2 Å². The zero-order valence-electron chi connectivity index (χ0n) is 51.0. The fourth-order valence-electron chi connectivity index (χ4n) is 9.48. The van der Waals surface area contributed by atoms with Crippen LogP contribution in [0.2, 0.25) is 0 Å². The van der Waals surface area contributed by atoms with Gasteiger partial charge in [0.2, 0.25) is 0 Å². The van der Waals surface area contributed by atoms with Gasteiger partial charge in [-0.25, -0.2) is 0 Å². The molecule has 0 aromatic rings. The molecule has 6 heteroatoms. The number of allylic oxidation sites excluding steroid dienone is 14. The van der Waals surface area contributed by atoms with Crippen molar-refractivity contribution < 1.29 is 28.6 Å². The molecule has 77 heavy (non-hydrogen) atoms. The summed E-state index contributed by atoms with van der Waals surface area (Å²) in [6.07, 6.45) is 86.1. The minimum absolute atomic E-state index is 0.0837. The predicted octanol–water partition coefficient (Wildman–Crippen LogP) is 22.7. The van der Waals surface area contributed by atoms with Crippen LogP contribution in [0.4, 0.5) is 0 Å². The van der Waals surface area contributed by atoms with Crippen LogP contribution in [-0.4, -0.2) is 37.2 Å². The summed E-state index contributed by atoms with van der Waals surface area (Å²) in [5.41, 5.74) is 0. The molecule has 0 aliphatic heterocycles. The first kappa shape index (κ1) is 73.6. The highest BCUT2D eigenvalue weighted by Gasteiger charge is 2.19. The molecule has 0 aliphatic carbocycles. The molecule has 0 aliphatic rings. The lowest BCUT2D eigenvalue weighted by molar-refractivity contribution is -0.167. The molecule has 0 amide bonds. The van der Waals surface area contributed by atoms with Crippen LogP contribution in [0, 0.1) is 0 Å². The van der Waals surface area contributed by atoms with Gasteiger partial charge in [-0.1, -0.05) is 318 Å². The van der Waals surface area contributed by atoms with Crippen LogP contribution in [0.15, 0.2) is 85.1 Å². The Labute approximate surface area is 477 Å². The van der Waals surface area contributed by atoms with E-state index in [-0.39, 0.29) is 31.1 Å². The lowest BCUT2D eigenvalue weighted by Gasteiger charge is -2.18. The third-order valence-electron chi connectivity index (χ3n) is 14.4. The van der Waals surface area contributed by atoms with E-state index in [1.54, 1.807) is 0 Å². The Morgan fingerprint density at radius 1 is 0.273 bits per heavy atom. The second-order valence-corrected chi connectivity index (χ2v) is 22.0. The summed E-state index contributed by atoms with van der Waals surface area (Å²) in [4.78, 5) is 38.2. The van der Waals surface area contributed by atoms with Gasteiger partial charge in [-0.05, 0) is 77.0 Å². The molecule has 0 aromatic carbocycles. The molecule has 0 rings (SSSR count). The lowest BCUT2D eigenvalue weighted by Crippen LogP contribution is -2.30. The molecule has 1 atom stereocenters. The van der Waals surface area contributed by atoms with Crippen LogP contribution in [0.5, 0.6) is 0 Å². The molecule has 444 valence electrons. The summed E-state index contributed by atoms with van der Waals surface area (Å²) in [5.74, 6) is -0.906.